The summed E-state index contributed by atoms with van der Waals surface area (Å²) in [5.74, 6) is 0. The summed E-state index contributed by atoms with van der Waals surface area (Å²) in [6.45, 7) is 4.38. The Hall–Kier alpha value is -3.60. The second-order valence-corrected chi connectivity index (χ2v) is 7.66. The van der Waals surface area contributed by atoms with Crippen molar-refractivity contribution in [2.45, 2.75) is 39.5 Å². The highest BCUT2D eigenvalue weighted by Crippen LogP contribution is 2.28. The number of fused-ring (bicyclic) bond motifs is 1. The molecule has 5 aromatic rings. The van der Waals surface area contributed by atoms with E-state index in [1.54, 1.807) is 0 Å². The Balaban J connectivity index is 0.000000152. The second kappa shape index (κ2) is 9.94. The van der Waals surface area contributed by atoms with Crippen LogP contribution in [0.4, 0.5) is 0 Å². The van der Waals surface area contributed by atoms with Gasteiger partial charge < -0.3 is 15.0 Å². The number of aromatic nitrogens is 5. The third-order valence-electron chi connectivity index (χ3n) is 5.30. The largest absolute Gasteiger partial charge is 0.364 e. The van der Waals surface area contributed by atoms with Gasteiger partial charge in [-0.25, -0.2) is 4.98 Å². The van der Waals surface area contributed by atoms with Crippen molar-refractivity contribution in [2.24, 2.45) is 0 Å². The fourth-order valence-corrected chi connectivity index (χ4v) is 3.77. The summed E-state index contributed by atoms with van der Waals surface area (Å²) in [5.41, 5.74) is 8.45. The zero-order valence-electron chi connectivity index (χ0n) is 18.2. The maximum Gasteiger partial charge on any atom is 0.137 e. The van der Waals surface area contributed by atoms with E-state index in [1.807, 2.05) is 43.0 Å². The first-order chi connectivity index (χ1) is 15.3. The van der Waals surface area contributed by atoms with E-state index in [0.717, 1.165) is 24.9 Å². The van der Waals surface area contributed by atoms with E-state index >= 15 is 0 Å². The SMILES string of the molecule is CCCc1cc(-c2c[nH]c3ncccc23)c[nH]1.CCCc1cc(-c2ccncc2)c[nH]1. The summed E-state index contributed by atoms with van der Waals surface area (Å²) < 4.78 is 0. The van der Waals surface area contributed by atoms with Gasteiger partial charge in [0.1, 0.15) is 5.65 Å². The summed E-state index contributed by atoms with van der Waals surface area (Å²) in [5, 5.41) is 1.18. The van der Waals surface area contributed by atoms with Crippen molar-refractivity contribution >= 4 is 11.0 Å². The average molecular weight is 412 g/mol. The van der Waals surface area contributed by atoms with Crippen LogP contribution < -0.4 is 0 Å². The Labute approximate surface area is 183 Å². The molecule has 158 valence electrons. The molecule has 0 aliphatic heterocycles. The number of pyridine rings is 2. The smallest absolute Gasteiger partial charge is 0.137 e. The van der Waals surface area contributed by atoms with Gasteiger partial charge in [0, 0.05) is 65.1 Å². The Morgan fingerprint density at radius 3 is 2.10 bits per heavy atom. The number of aryl methyl sites for hydroxylation is 2. The number of nitrogens with zero attached hydrogens (tertiary/aromatic N) is 2. The lowest BCUT2D eigenvalue weighted by Crippen LogP contribution is -1.79. The van der Waals surface area contributed by atoms with Crippen LogP contribution in [0.1, 0.15) is 38.1 Å². The van der Waals surface area contributed by atoms with Crippen molar-refractivity contribution in [1.29, 1.82) is 0 Å². The van der Waals surface area contributed by atoms with E-state index < -0.39 is 0 Å². The van der Waals surface area contributed by atoms with Crippen LogP contribution in [0.25, 0.3) is 33.3 Å². The molecule has 0 saturated carbocycles. The summed E-state index contributed by atoms with van der Waals surface area (Å²) in [4.78, 5) is 18.1. The van der Waals surface area contributed by atoms with Gasteiger partial charge in [-0.15, -0.1) is 0 Å². The Morgan fingerprint density at radius 1 is 0.710 bits per heavy atom. The molecule has 0 aliphatic rings. The van der Waals surface area contributed by atoms with Crippen molar-refractivity contribution < 1.29 is 0 Å². The van der Waals surface area contributed by atoms with Gasteiger partial charge in [0.25, 0.3) is 0 Å². The van der Waals surface area contributed by atoms with Crippen LogP contribution in [-0.4, -0.2) is 24.9 Å². The lowest BCUT2D eigenvalue weighted by atomic mass is 10.1. The first-order valence-electron chi connectivity index (χ1n) is 11.0. The number of aromatic amines is 3. The first-order valence-corrected chi connectivity index (χ1v) is 11.0. The van der Waals surface area contributed by atoms with Crippen LogP contribution in [0.3, 0.4) is 0 Å². The molecular formula is C26H29N5. The van der Waals surface area contributed by atoms with Crippen LogP contribution in [0.2, 0.25) is 0 Å². The van der Waals surface area contributed by atoms with Gasteiger partial charge in [0.2, 0.25) is 0 Å². The Bertz CT molecular complexity index is 1210. The molecule has 0 fully saturated rings. The molecule has 0 bridgehead atoms. The van der Waals surface area contributed by atoms with Gasteiger partial charge in [0.05, 0.1) is 0 Å². The molecule has 0 unspecified atom stereocenters. The van der Waals surface area contributed by atoms with Gasteiger partial charge in [-0.1, -0.05) is 26.7 Å². The molecule has 0 atom stereocenters. The second-order valence-electron chi connectivity index (χ2n) is 7.66. The predicted molar refractivity (Wildman–Crippen MR) is 128 cm³/mol. The minimum Gasteiger partial charge on any atom is -0.364 e. The molecule has 0 radical (unpaired) electrons. The molecule has 5 aromatic heterocycles. The zero-order chi connectivity index (χ0) is 21.5. The minimum atomic E-state index is 0.945. The fraction of sp³-hybridized carbons (Fsp3) is 0.231. The van der Waals surface area contributed by atoms with Gasteiger partial charge in [-0.05, 0) is 60.4 Å². The van der Waals surface area contributed by atoms with Crippen molar-refractivity contribution in [2.75, 3.05) is 0 Å². The van der Waals surface area contributed by atoms with E-state index in [4.69, 9.17) is 0 Å². The first kappa shape index (κ1) is 20.7. The van der Waals surface area contributed by atoms with Crippen LogP contribution in [-0.2, 0) is 12.8 Å². The summed E-state index contributed by atoms with van der Waals surface area (Å²) in [6, 6.07) is 12.6. The Kier molecular flexibility index (Phi) is 6.62. The Morgan fingerprint density at radius 2 is 1.39 bits per heavy atom. The number of nitrogens with one attached hydrogen (secondary N) is 3. The van der Waals surface area contributed by atoms with Crippen molar-refractivity contribution in [1.82, 2.24) is 24.9 Å². The van der Waals surface area contributed by atoms with E-state index in [-0.39, 0.29) is 0 Å². The molecule has 0 amide bonds. The molecule has 0 spiro atoms. The predicted octanol–water partition coefficient (Wildman–Crippen LogP) is 6.54. The van der Waals surface area contributed by atoms with Crippen LogP contribution in [0.15, 0.2) is 73.6 Å². The van der Waals surface area contributed by atoms with Crippen LogP contribution >= 0.6 is 0 Å². The molecule has 0 aromatic carbocycles. The molecule has 5 heterocycles. The molecule has 0 aliphatic carbocycles. The molecule has 0 saturated heterocycles. The lowest BCUT2D eigenvalue weighted by molar-refractivity contribution is 0.892. The normalized spacial score (nSPS) is 10.8. The minimum absolute atomic E-state index is 0.945. The van der Waals surface area contributed by atoms with Crippen LogP contribution in [0.5, 0.6) is 0 Å². The topological polar surface area (TPSA) is 73.2 Å². The molecule has 5 nitrogen and oxygen atoms in total. The van der Waals surface area contributed by atoms with Crippen molar-refractivity contribution in [3.63, 3.8) is 0 Å². The zero-order valence-corrected chi connectivity index (χ0v) is 18.2. The molecule has 5 rings (SSSR count). The van der Waals surface area contributed by atoms with Crippen LogP contribution in [0, 0.1) is 0 Å². The maximum absolute atomic E-state index is 4.30. The third kappa shape index (κ3) is 4.94. The molecular weight excluding hydrogens is 382 g/mol. The van der Waals surface area contributed by atoms with Gasteiger partial charge in [-0.3, -0.25) is 4.98 Å². The highest BCUT2D eigenvalue weighted by molar-refractivity contribution is 5.93. The molecule has 5 heteroatoms. The molecule has 31 heavy (non-hydrogen) atoms. The van der Waals surface area contributed by atoms with Gasteiger partial charge >= 0.3 is 0 Å². The van der Waals surface area contributed by atoms with E-state index in [0.29, 0.717) is 0 Å². The van der Waals surface area contributed by atoms with E-state index in [9.17, 15) is 0 Å². The third-order valence-corrected chi connectivity index (χ3v) is 5.30. The summed E-state index contributed by atoms with van der Waals surface area (Å²) in [6.07, 6.45) is 16.2. The van der Waals surface area contributed by atoms with E-state index in [1.165, 1.54) is 45.4 Å². The fourth-order valence-electron chi connectivity index (χ4n) is 3.77. The van der Waals surface area contributed by atoms with Crippen molar-refractivity contribution in [3.8, 4) is 22.3 Å². The van der Waals surface area contributed by atoms with E-state index in [2.05, 4.69) is 69.4 Å². The average Bonchev–Trinajstić information content (AvgIpc) is 3.55. The van der Waals surface area contributed by atoms with Gasteiger partial charge in [0.15, 0.2) is 0 Å². The monoisotopic (exact) mass is 411 g/mol. The lowest BCUT2D eigenvalue weighted by Gasteiger charge is -1.94. The van der Waals surface area contributed by atoms with Crippen molar-refractivity contribution in [3.05, 3.63) is 85.0 Å². The number of H-pyrrole nitrogens is 3. The molecule has 3 N–H and O–H groups in total. The number of hydrogen-bond acceptors (Lipinski definition) is 2. The highest BCUT2D eigenvalue weighted by atomic mass is 14.8. The number of rotatable bonds is 6. The van der Waals surface area contributed by atoms with Gasteiger partial charge in [-0.2, -0.15) is 0 Å². The maximum atomic E-state index is 4.30. The number of hydrogen-bond donors (Lipinski definition) is 3. The summed E-state index contributed by atoms with van der Waals surface area (Å²) >= 11 is 0. The highest BCUT2D eigenvalue weighted by Gasteiger charge is 2.08. The quantitative estimate of drug-likeness (QED) is 0.297. The summed E-state index contributed by atoms with van der Waals surface area (Å²) in [7, 11) is 0. The standard InChI is InChI=1S/C14H15N3.C12H14N2/c1-2-4-11-7-10(8-16-11)13-9-17-14-12(13)5-3-6-15-14;1-2-3-12-8-11(9-14-12)10-4-6-13-7-5-10/h3,5-9,16H,2,4H2,1H3,(H,15,17);4-9,14H,2-3H2,1H3.